The predicted octanol–water partition coefficient (Wildman–Crippen LogP) is 0.840. The molecule has 1 aromatic heterocycles. The van der Waals surface area contributed by atoms with Crippen molar-refractivity contribution in [3.8, 4) is 0 Å². The van der Waals surface area contributed by atoms with Gasteiger partial charge in [-0.3, -0.25) is 14.6 Å². The number of hydrogen-bond acceptors (Lipinski definition) is 5. The first kappa shape index (κ1) is 20.4. The Kier molecular flexibility index (Phi) is 7.30. The van der Waals surface area contributed by atoms with E-state index >= 15 is 0 Å². The van der Waals surface area contributed by atoms with E-state index in [9.17, 15) is 9.59 Å². The minimum absolute atomic E-state index is 0.178. The minimum Gasteiger partial charge on any atom is -0.368 e. The van der Waals surface area contributed by atoms with Crippen molar-refractivity contribution in [1.29, 1.82) is 0 Å². The molecule has 0 spiro atoms. The molecule has 0 fully saturated rings. The molecule has 0 aliphatic carbocycles. The first-order chi connectivity index (χ1) is 12.9. The average Bonchev–Trinajstić information content (AvgIpc) is 2.98. The van der Waals surface area contributed by atoms with Crippen LogP contribution in [0, 0.1) is 13.8 Å². The van der Waals surface area contributed by atoms with Gasteiger partial charge in [0.1, 0.15) is 5.01 Å². The smallest absolute Gasteiger partial charge is 0.251 e. The summed E-state index contributed by atoms with van der Waals surface area (Å²) in [5.41, 5.74) is 7.53. The zero-order chi connectivity index (χ0) is 19.8. The van der Waals surface area contributed by atoms with Gasteiger partial charge in [0.05, 0.1) is 18.8 Å². The van der Waals surface area contributed by atoms with E-state index in [0.717, 1.165) is 16.3 Å². The number of primary amides is 1. The standard InChI is InChI=1S/C18H24N6O2S/c1-11-12(2)27-16(24-11)10-23-18(20-3)22-8-13-4-6-14(7-5-13)17(26)21-9-15(19)25/h4-7H,8-10H2,1-3H3,(H2,19,25)(H,21,26)(H2,20,22,23). The summed E-state index contributed by atoms with van der Waals surface area (Å²) in [5.74, 6) is -0.241. The summed E-state index contributed by atoms with van der Waals surface area (Å²) in [5, 5.41) is 9.92. The topological polar surface area (TPSA) is 122 Å². The van der Waals surface area contributed by atoms with Gasteiger partial charge in [0.15, 0.2) is 5.96 Å². The van der Waals surface area contributed by atoms with Gasteiger partial charge in [0.2, 0.25) is 5.91 Å². The van der Waals surface area contributed by atoms with E-state index in [1.807, 2.05) is 19.1 Å². The number of benzene rings is 1. The largest absolute Gasteiger partial charge is 0.368 e. The zero-order valence-electron chi connectivity index (χ0n) is 15.6. The van der Waals surface area contributed by atoms with Crippen LogP contribution in [0.3, 0.4) is 0 Å². The number of aryl methyl sites for hydroxylation is 2. The Bertz CT molecular complexity index is 809. The fraction of sp³-hybridized carbons (Fsp3) is 0.333. The van der Waals surface area contributed by atoms with E-state index in [0.29, 0.717) is 24.6 Å². The van der Waals surface area contributed by atoms with E-state index in [1.54, 1.807) is 30.5 Å². The monoisotopic (exact) mass is 388 g/mol. The zero-order valence-corrected chi connectivity index (χ0v) is 16.4. The van der Waals surface area contributed by atoms with Crippen LogP contribution in [0.25, 0.3) is 0 Å². The first-order valence-electron chi connectivity index (χ1n) is 8.42. The van der Waals surface area contributed by atoms with E-state index < -0.39 is 5.91 Å². The molecule has 2 rings (SSSR count). The van der Waals surface area contributed by atoms with Gasteiger partial charge in [-0.2, -0.15) is 0 Å². The van der Waals surface area contributed by atoms with Crippen LogP contribution >= 0.6 is 11.3 Å². The molecule has 5 N–H and O–H groups in total. The van der Waals surface area contributed by atoms with Gasteiger partial charge >= 0.3 is 0 Å². The van der Waals surface area contributed by atoms with E-state index in [4.69, 9.17) is 5.73 Å². The number of rotatable bonds is 7. The van der Waals surface area contributed by atoms with Crippen LogP contribution in [0.15, 0.2) is 29.3 Å². The van der Waals surface area contributed by atoms with Crippen LogP contribution in [0.2, 0.25) is 0 Å². The van der Waals surface area contributed by atoms with E-state index in [-0.39, 0.29) is 12.5 Å². The molecule has 144 valence electrons. The Morgan fingerprint density at radius 1 is 1.11 bits per heavy atom. The van der Waals surface area contributed by atoms with Gasteiger partial charge < -0.3 is 21.7 Å². The summed E-state index contributed by atoms with van der Waals surface area (Å²) in [6, 6.07) is 7.08. The molecule has 0 aliphatic heterocycles. The van der Waals surface area contributed by atoms with E-state index in [2.05, 4.69) is 32.9 Å². The predicted molar refractivity (Wildman–Crippen MR) is 107 cm³/mol. The Morgan fingerprint density at radius 3 is 2.33 bits per heavy atom. The molecule has 9 heteroatoms. The number of nitrogens with zero attached hydrogens (tertiary/aromatic N) is 2. The maximum atomic E-state index is 11.8. The molecule has 1 heterocycles. The number of nitrogens with one attached hydrogen (secondary N) is 3. The molecule has 0 atom stereocenters. The number of amides is 2. The first-order valence-corrected chi connectivity index (χ1v) is 9.23. The molecule has 2 amide bonds. The Labute approximate surface area is 162 Å². The van der Waals surface area contributed by atoms with Crippen molar-refractivity contribution in [2.45, 2.75) is 26.9 Å². The maximum absolute atomic E-state index is 11.8. The second-order valence-electron chi connectivity index (χ2n) is 5.87. The molecule has 2 aromatic rings. The summed E-state index contributed by atoms with van der Waals surface area (Å²) in [6.07, 6.45) is 0. The number of guanidine groups is 1. The molecule has 0 saturated carbocycles. The molecule has 0 radical (unpaired) electrons. The average molecular weight is 388 g/mol. The summed E-state index contributed by atoms with van der Waals surface area (Å²) >= 11 is 1.67. The Morgan fingerprint density at radius 2 is 1.78 bits per heavy atom. The number of carbonyl (C=O) groups is 2. The lowest BCUT2D eigenvalue weighted by Gasteiger charge is -2.11. The summed E-state index contributed by atoms with van der Waals surface area (Å²) in [4.78, 5) is 32.5. The molecule has 0 saturated heterocycles. The van der Waals surface area contributed by atoms with Crippen molar-refractivity contribution in [2.24, 2.45) is 10.7 Å². The van der Waals surface area contributed by atoms with Gasteiger partial charge in [-0.15, -0.1) is 11.3 Å². The lowest BCUT2D eigenvalue weighted by atomic mass is 10.1. The number of nitrogens with two attached hydrogens (primary N) is 1. The third-order valence-electron chi connectivity index (χ3n) is 3.80. The molecular formula is C18H24N6O2S. The SMILES string of the molecule is CN=C(NCc1ccc(C(=O)NCC(N)=O)cc1)NCc1nc(C)c(C)s1. The fourth-order valence-electron chi connectivity index (χ4n) is 2.22. The van der Waals surface area contributed by atoms with Gasteiger partial charge in [-0.25, -0.2) is 4.98 Å². The Hall–Kier alpha value is -2.94. The Balaban J connectivity index is 1.83. The van der Waals surface area contributed by atoms with Gasteiger partial charge in [-0.1, -0.05) is 12.1 Å². The van der Waals surface area contributed by atoms with Crippen molar-refractivity contribution in [3.05, 3.63) is 51.0 Å². The molecule has 8 nitrogen and oxygen atoms in total. The molecule has 0 bridgehead atoms. The number of hydrogen-bond donors (Lipinski definition) is 4. The normalized spacial score (nSPS) is 11.1. The van der Waals surface area contributed by atoms with Crippen LogP contribution in [-0.4, -0.2) is 36.4 Å². The minimum atomic E-state index is -0.578. The quantitative estimate of drug-likeness (QED) is 0.414. The number of thiazole rings is 1. The highest BCUT2D eigenvalue weighted by Crippen LogP contribution is 2.15. The summed E-state index contributed by atoms with van der Waals surface area (Å²) in [6.45, 7) is 5.04. The highest BCUT2D eigenvalue weighted by molar-refractivity contribution is 7.11. The van der Waals surface area contributed by atoms with E-state index in [1.165, 1.54) is 4.88 Å². The van der Waals surface area contributed by atoms with Crippen molar-refractivity contribution in [1.82, 2.24) is 20.9 Å². The molecule has 0 aliphatic rings. The fourth-order valence-corrected chi connectivity index (χ4v) is 3.10. The molecule has 1 aromatic carbocycles. The number of aromatic nitrogens is 1. The van der Waals surface area contributed by atoms with Crippen molar-refractivity contribution < 1.29 is 9.59 Å². The number of carbonyl (C=O) groups excluding carboxylic acids is 2. The maximum Gasteiger partial charge on any atom is 0.251 e. The lowest BCUT2D eigenvalue weighted by Crippen LogP contribution is -2.36. The van der Waals surface area contributed by atoms with Crippen molar-refractivity contribution in [2.75, 3.05) is 13.6 Å². The van der Waals surface area contributed by atoms with Gasteiger partial charge in [-0.05, 0) is 31.5 Å². The third kappa shape index (κ3) is 6.37. The van der Waals surface area contributed by atoms with Crippen LogP contribution in [0.5, 0.6) is 0 Å². The van der Waals surface area contributed by atoms with Crippen LogP contribution < -0.4 is 21.7 Å². The molecule has 27 heavy (non-hydrogen) atoms. The molecule has 0 unspecified atom stereocenters. The van der Waals surface area contributed by atoms with Crippen LogP contribution in [0.4, 0.5) is 0 Å². The lowest BCUT2D eigenvalue weighted by molar-refractivity contribution is -0.117. The summed E-state index contributed by atoms with van der Waals surface area (Å²) < 4.78 is 0. The van der Waals surface area contributed by atoms with Gasteiger partial charge in [0.25, 0.3) is 5.91 Å². The second kappa shape index (κ2) is 9.67. The molecular weight excluding hydrogens is 364 g/mol. The highest BCUT2D eigenvalue weighted by atomic mass is 32.1. The third-order valence-corrected chi connectivity index (χ3v) is 4.88. The number of aliphatic imine (C=N–C) groups is 1. The van der Waals surface area contributed by atoms with Gasteiger partial charge in [0, 0.05) is 24.0 Å². The second-order valence-corrected chi connectivity index (χ2v) is 7.16. The highest BCUT2D eigenvalue weighted by Gasteiger charge is 2.07. The summed E-state index contributed by atoms with van der Waals surface area (Å²) in [7, 11) is 1.71. The van der Waals surface area contributed by atoms with Crippen LogP contribution in [-0.2, 0) is 17.9 Å². The van der Waals surface area contributed by atoms with Crippen LogP contribution in [0.1, 0.15) is 31.5 Å². The van der Waals surface area contributed by atoms with Crippen molar-refractivity contribution in [3.63, 3.8) is 0 Å². The van der Waals surface area contributed by atoms with Crippen molar-refractivity contribution >= 4 is 29.1 Å².